The summed E-state index contributed by atoms with van der Waals surface area (Å²) >= 11 is 0. The predicted molar refractivity (Wildman–Crippen MR) is 93.9 cm³/mol. The maximum absolute atomic E-state index is 12.2. The second-order valence-electron chi connectivity index (χ2n) is 5.38. The molecule has 0 radical (unpaired) electrons. The lowest BCUT2D eigenvalue weighted by Gasteiger charge is -2.15. The van der Waals surface area contributed by atoms with Crippen molar-refractivity contribution >= 4 is 17.6 Å². The van der Waals surface area contributed by atoms with E-state index in [1.54, 1.807) is 30.3 Å². The number of nitrogens with one attached hydrogen (secondary N) is 1. The van der Waals surface area contributed by atoms with Gasteiger partial charge < -0.3 is 19.5 Å². The minimum atomic E-state index is -0.960. The summed E-state index contributed by atoms with van der Waals surface area (Å²) in [6, 6.07) is 14.3. The first-order chi connectivity index (χ1) is 12.0. The van der Waals surface area contributed by atoms with Gasteiger partial charge in [-0.05, 0) is 37.6 Å². The molecule has 0 saturated carbocycles. The van der Waals surface area contributed by atoms with Gasteiger partial charge >= 0.3 is 5.97 Å². The molecular formula is C19H21NO5. The van der Waals surface area contributed by atoms with Gasteiger partial charge in [-0.15, -0.1) is 0 Å². The van der Waals surface area contributed by atoms with Crippen LogP contribution in [0.25, 0.3) is 0 Å². The summed E-state index contributed by atoms with van der Waals surface area (Å²) in [5.41, 5.74) is 1.42. The van der Waals surface area contributed by atoms with Crippen LogP contribution in [0.5, 0.6) is 11.5 Å². The quantitative estimate of drug-likeness (QED) is 0.783. The fourth-order valence-corrected chi connectivity index (χ4v) is 2.12. The summed E-state index contributed by atoms with van der Waals surface area (Å²) < 4.78 is 15.7. The molecule has 132 valence electrons. The highest BCUT2D eigenvalue weighted by Gasteiger charge is 2.19. The third kappa shape index (κ3) is 5.24. The monoisotopic (exact) mass is 343 g/mol. The van der Waals surface area contributed by atoms with Crippen LogP contribution in [0.3, 0.4) is 0 Å². The van der Waals surface area contributed by atoms with Crippen LogP contribution in [0.15, 0.2) is 48.5 Å². The molecule has 0 heterocycles. The van der Waals surface area contributed by atoms with Gasteiger partial charge in [0.15, 0.2) is 12.7 Å². The number of rotatable bonds is 7. The zero-order valence-electron chi connectivity index (χ0n) is 14.4. The Morgan fingerprint density at radius 3 is 2.36 bits per heavy atom. The minimum absolute atomic E-state index is 0.267. The Labute approximate surface area is 146 Å². The Bertz CT molecular complexity index is 744. The number of para-hydroxylation sites is 3. The molecule has 0 aliphatic heterocycles. The molecule has 6 nitrogen and oxygen atoms in total. The number of methoxy groups -OCH3 is 1. The van der Waals surface area contributed by atoms with Crippen LogP contribution in [0.4, 0.5) is 5.69 Å². The summed E-state index contributed by atoms with van der Waals surface area (Å²) in [5.74, 6) is 0.0579. The highest BCUT2D eigenvalue weighted by atomic mass is 16.6. The Morgan fingerprint density at radius 2 is 1.68 bits per heavy atom. The SMILES string of the molecule is COc1ccccc1NC(=O)[C@H](C)OC(=O)COc1ccccc1C. The van der Waals surface area contributed by atoms with Gasteiger partial charge in [-0.25, -0.2) is 4.79 Å². The van der Waals surface area contributed by atoms with Crippen molar-refractivity contribution in [3.05, 3.63) is 54.1 Å². The molecule has 0 aliphatic carbocycles. The third-order valence-corrected chi connectivity index (χ3v) is 3.48. The van der Waals surface area contributed by atoms with Crippen molar-refractivity contribution < 1.29 is 23.8 Å². The third-order valence-electron chi connectivity index (χ3n) is 3.48. The van der Waals surface area contributed by atoms with Gasteiger partial charge in [0.2, 0.25) is 0 Å². The second-order valence-corrected chi connectivity index (χ2v) is 5.38. The average molecular weight is 343 g/mol. The van der Waals surface area contributed by atoms with Crippen molar-refractivity contribution in [1.29, 1.82) is 0 Å². The lowest BCUT2D eigenvalue weighted by molar-refractivity contribution is -0.155. The van der Waals surface area contributed by atoms with Gasteiger partial charge in [0.1, 0.15) is 11.5 Å². The zero-order chi connectivity index (χ0) is 18.2. The molecule has 0 unspecified atom stereocenters. The molecule has 6 heteroatoms. The Hall–Kier alpha value is -3.02. The van der Waals surface area contributed by atoms with Crippen LogP contribution in [0.1, 0.15) is 12.5 Å². The number of esters is 1. The minimum Gasteiger partial charge on any atom is -0.495 e. The van der Waals surface area contributed by atoms with Gasteiger partial charge in [0.05, 0.1) is 12.8 Å². The first kappa shape index (κ1) is 18.3. The van der Waals surface area contributed by atoms with Gasteiger partial charge in [-0.2, -0.15) is 0 Å². The molecule has 0 aliphatic rings. The van der Waals surface area contributed by atoms with Gasteiger partial charge in [-0.1, -0.05) is 30.3 Å². The highest BCUT2D eigenvalue weighted by molar-refractivity contribution is 5.96. The average Bonchev–Trinajstić information content (AvgIpc) is 2.61. The maximum atomic E-state index is 12.2. The zero-order valence-corrected chi connectivity index (χ0v) is 14.4. The van der Waals surface area contributed by atoms with E-state index in [2.05, 4.69) is 5.32 Å². The van der Waals surface area contributed by atoms with Crippen molar-refractivity contribution in [3.63, 3.8) is 0 Å². The van der Waals surface area contributed by atoms with E-state index in [-0.39, 0.29) is 6.61 Å². The molecular weight excluding hydrogens is 322 g/mol. The molecule has 0 spiro atoms. The fourth-order valence-electron chi connectivity index (χ4n) is 2.12. The summed E-state index contributed by atoms with van der Waals surface area (Å²) in [4.78, 5) is 24.0. The Kier molecular flexibility index (Phi) is 6.39. The van der Waals surface area contributed by atoms with E-state index in [1.807, 2.05) is 25.1 Å². The van der Waals surface area contributed by atoms with E-state index in [4.69, 9.17) is 14.2 Å². The Morgan fingerprint density at radius 1 is 1.04 bits per heavy atom. The number of hydrogen-bond donors (Lipinski definition) is 1. The molecule has 0 saturated heterocycles. The predicted octanol–water partition coefficient (Wildman–Crippen LogP) is 2.95. The number of ether oxygens (including phenoxy) is 3. The van der Waals surface area contributed by atoms with E-state index < -0.39 is 18.0 Å². The van der Waals surface area contributed by atoms with Gasteiger partial charge in [0.25, 0.3) is 5.91 Å². The van der Waals surface area contributed by atoms with E-state index in [1.165, 1.54) is 14.0 Å². The summed E-state index contributed by atoms with van der Waals surface area (Å²) in [7, 11) is 1.51. The molecule has 25 heavy (non-hydrogen) atoms. The molecule has 1 amide bonds. The van der Waals surface area contributed by atoms with Crippen molar-refractivity contribution in [1.82, 2.24) is 0 Å². The van der Waals surface area contributed by atoms with E-state index in [0.29, 0.717) is 17.2 Å². The maximum Gasteiger partial charge on any atom is 0.344 e. The van der Waals surface area contributed by atoms with Crippen LogP contribution >= 0.6 is 0 Å². The molecule has 2 aromatic rings. The molecule has 2 aromatic carbocycles. The first-order valence-corrected chi connectivity index (χ1v) is 7.83. The first-order valence-electron chi connectivity index (χ1n) is 7.83. The van der Waals surface area contributed by atoms with Crippen molar-refractivity contribution in [3.8, 4) is 11.5 Å². The second kappa shape index (κ2) is 8.73. The smallest absolute Gasteiger partial charge is 0.344 e. The number of aryl methyl sites for hydroxylation is 1. The number of benzene rings is 2. The van der Waals surface area contributed by atoms with Crippen LogP contribution in [0.2, 0.25) is 0 Å². The topological polar surface area (TPSA) is 73.9 Å². The Balaban J connectivity index is 1.86. The lowest BCUT2D eigenvalue weighted by Crippen LogP contribution is -2.31. The molecule has 0 aromatic heterocycles. The van der Waals surface area contributed by atoms with Crippen LogP contribution in [-0.2, 0) is 14.3 Å². The molecule has 0 fully saturated rings. The number of amides is 1. The standard InChI is InChI=1S/C19H21NO5/c1-13-8-4-6-10-16(13)24-12-18(21)25-14(2)19(22)20-15-9-5-7-11-17(15)23-3/h4-11,14H,12H2,1-3H3,(H,20,22)/t14-/m0/s1. The van der Waals surface area contributed by atoms with Gasteiger partial charge in [-0.3, -0.25) is 4.79 Å². The van der Waals surface area contributed by atoms with Crippen LogP contribution in [-0.4, -0.2) is 31.7 Å². The largest absolute Gasteiger partial charge is 0.495 e. The van der Waals surface area contributed by atoms with Gasteiger partial charge in [0, 0.05) is 0 Å². The number of anilines is 1. The number of carbonyl (C=O) groups excluding carboxylic acids is 2. The van der Waals surface area contributed by atoms with Crippen molar-refractivity contribution in [2.24, 2.45) is 0 Å². The van der Waals surface area contributed by atoms with E-state index in [0.717, 1.165) is 5.56 Å². The lowest BCUT2D eigenvalue weighted by atomic mass is 10.2. The van der Waals surface area contributed by atoms with Crippen LogP contribution < -0.4 is 14.8 Å². The molecule has 2 rings (SSSR count). The van der Waals surface area contributed by atoms with Crippen molar-refractivity contribution in [2.75, 3.05) is 19.0 Å². The molecule has 1 N–H and O–H groups in total. The molecule has 1 atom stereocenters. The summed E-state index contributed by atoms with van der Waals surface area (Å²) in [5, 5.41) is 2.67. The normalized spacial score (nSPS) is 11.3. The van der Waals surface area contributed by atoms with E-state index >= 15 is 0 Å². The molecule has 0 bridgehead atoms. The van der Waals surface area contributed by atoms with Crippen molar-refractivity contribution in [2.45, 2.75) is 20.0 Å². The summed E-state index contributed by atoms with van der Waals surface area (Å²) in [6.45, 7) is 3.11. The number of hydrogen-bond acceptors (Lipinski definition) is 5. The van der Waals surface area contributed by atoms with Crippen LogP contribution in [0, 0.1) is 6.92 Å². The highest BCUT2D eigenvalue weighted by Crippen LogP contribution is 2.23. The number of carbonyl (C=O) groups is 2. The fraction of sp³-hybridized carbons (Fsp3) is 0.263. The summed E-state index contributed by atoms with van der Waals surface area (Å²) in [6.07, 6.45) is -0.960. The van der Waals surface area contributed by atoms with E-state index in [9.17, 15) is 9.59 Å².